The van der Waals surface area contributed by atoms with Crippen molar-refractivity contribution >= 4 is 29.4 Å². The van der Waals surface area contributed by atoms with E-state index in [1.807, 2.05) is 12.3 Å². The molecular formula is C15H15N3O4S. The minimum atomic E-state index is -1.07. The van der Waals surface area contributed by atoms with Crippen LogP contribution in [0.25, 0.3) is 0 Å². The van der Waals surface area contributed by atoms with Crippen molar-refractivity contribution in [2.45, 2.75) is 13.3 Å². The van der Waals surface area contributed by atoms with Crippen LogP contribution in [0.5, 0.6) is 5.75 Å². The molecule has 0 aliphatic heterocycles. The number of hydrogen-bond donors (Lipinski definition) is 2. The summed E-state index contributed by atoms with van der Waals surface area (Å²) in [6, 6.07) is 6.81. The Morgan fingerprint density at radius 1 is 1.43 bits per heavy atom. The number of hydrazone groups is 1. The molecule has 1 amide bonds. The van der Waals surface area contributed by atoms with Gasteiger partial charge < -0.3 is 9.84 Å². The minimum absolute atomic E-state index is 0.152. The fourth-order valence-electron chi connectivity index (χ4n) is 1.73. The van der Waals surface area contributed by atoms with Crippen LogP contribution < -0.4 is 10.2 Å². The molecule has 8 heteroatoms. The molecule has 0 unspecified atom stereocenters. The number of thiazole rings is 1. The van der Waals surface area contributed by atoms with Gasteiger partial charge in [0, 0.05) is 10.9 Å². The maximum atomic E-state index is 11.7. The summed E-state index contributed by atoms with van der Waals surface area (Å²) in [4.78, 5) is 26.5. The van der Waals surface area contributed by atoms with Gasteiger partial charge in [-0.2, -0.15) is 5.10 Å². The third kappa shape index (κ3) is 5.51. The highest BCUT2D eigenvalue weighted by atomic mass is 32.1. The predicted molar refractivity (Wildman–Crippen MR) is 85.9 cm³/mol. The van der Waals surface area contributed by atoms with Gasteiger partial charge in [0.2, 0.25) is 5.91 Å². The number of para-hydroxylation sites is 1. The molecule has 0 saturated heterocycles. The maximum Gasteiger partial charge on any atom is 0.341 e. The lowest BCUT2D eigenvalue weighted by atomic mass is 10.2. The Morgan fingerprint density at radius 2 is 2.22 bits per heavy atom. The van der Waals surface area contributed by atoms with Crippen molar-refractivity contribution in [3.8, 4) is 5.75 Å². The van der Waals surface area contributed by atoms with E-state index in [9.17, 15) is 9.59 Å². The second-order valence-electron chi connectivity index (χ2n) is 4.55. The highest BCUT2D eigenvalue weighted by molar-refractivity contribution is 7.09. The van der Waals surface area contributed by atoms with Crippen LogP contribution in [0.2, 0.25) is 0 Å². The van der Waals surface area contributed by atoms with Gasteiger partial charge in [0.15, 0.2) is 6.61 Å². The number of rotatable bonds is 7. The van der Waals surface area contributed by atoms with E-state index >= 15 is 0 Å². The van der Waals surface area contributed by atoms with E-state index in [1.165, 1.54) is 17.6 Å². The molecule has 2 N–H and O–H groups in total. The average molecular weight is 333 g/mol. The van der Waals surface area contributed by atoms with Crippen molar-refractivity contribution in [1.82, 2.24) is 10.4 Å². The van der Waals surface area contributed by atoms with E-state index in [4.69, 9.17) is 9.84 Å². The van der Waals surface area contributed by atoms with E-state index in [-0.39, 0.29) is 12.3 Å². The molecule has 2 rings (SSSR count). The minimum Gasteiger partial charge on any atom is -0.481 e. The molecule has 0 saturated carbocycles. The van der Waals surface area contributed by atoms with Crippen LogP contribution in [0.1, 0.15) is 16.3 Å². The summed E-state index contributed by atoms with van der Waals surface area (Å²) in [5.41, 5.74) is 3.67. The number of carboxylic acid groups (broad SMARTS) is 1. The van der Waals surface area contributed by atoms with Crippen molar-refractivity contribution in [2.75, 3.05) is 6.61 Å². The standard InChI is InChI=1S/C15H15N3O4S/c1-10-17-12(9-23-10)6-14(19)18-16-7-11-4-2-3-5-13(11)22-8-15(20)21/h2-5,7,9H,6,8H2,1H3,(H,18,19)(H,20,21)/b16-7-. The quantitative estimate of drug-likeness (QED) is 0.592. The van der Waals surface area contributed by atoms with Crippen LogP contribution >= 0.6 is 11.3 Å². The van der Waals surface area contributed by atoms with Gasteiger partial charge in [0.1, 0.15) is 5.75 Å². The number of amides is 1. The van der Waals surface area contributed by atoms with Gasteiger partial charge in [-0.3, -0.25) is 4.79 Å². The molecule has 120 valence electrons. The lowest BCUT2D eigenvalue weighted by molar-refractivity contribution is -0.139. The Hall–Kier alpha value is -2.74. The van der Waals surface area contributed by atoms with E-state index in [2.05, 4.69) is 15.5 Å². The Bertz CT molecular complexity index is 727. The summed E-state index contributed by atoms with van der Waals surface area (Å²) in [6.07, 6.45) is 1.56. The van der Waals surface area contributed by atoms with Crippen molar-refractivity contribution in [2.24, 2.45) is 5.10 Å². The lowest BCUT2D eigenvalue weighted by Crippen LogP contribution is -2.20. The first-order valence-corrected chi connectivity index (χ1v) is 7.59. The number of aromatic nitrogens is 1. The third-order valence-corrected chi connectivity index (χ3v) is 3.49. The van der Waals surface area contributed by atoms with Gasteiger partial charge in [0.05, 0.1) is 23.3 Å². The lowest BCUT2D eigenvalue weighted by Gasteiger charge is -2.06. The van der Waals surface area contributed by atoms with Crippen LogP contribution in [0.3, 0.4) is 0 Å². The first kappa shape index (κ1) is 16.6. The van der Waals surface area contributed by atoms with E-state index in [0.29, 0.717) is 17.0 Å². The smallest absolute Gasteiger partial charge is 0.341 e. The number of ether oxygens (including phenoxy) is 1. The Kier molecular flexibility index (Phi) is 5.81. The second-order valence-corrected chi connectivity index (χ2v) is 5.61. The summed E-state index contributed by atoms with van der Waals surface area (Å²) >= 11 is 1.48. The Morgan fingerprint density at radius 3 is 2.91 bits per heavy atom. The number of carboxylic acids is 1. The van der Waals surface area contributed by atoms with Gasteiger partial charge in [-0.25, -0.2) is 15.2 Å². The predicted octanol–water partition coefficient (Wildman–Crippen LogP) is 1.61. The normalized spacial score (nSPS) is 10.7. The molecular weight excluding hydrogens is 318 g/mol. The Labute approximate surface area is 136 Å². The topological polar surface area (TPSA) is 101 Å². The van der Waals surface area contributed by atoms with Crippen molar-refractivity contribution in [1.29, 1.82) is 0 Å². The summed E-state index contributed by atoms with van der Waals surface area (Å²) in [5, 5.41) is 15.2. The van der Waals surface area contributed by atoms with Gasteiger partial charge in [-0.15, -0.1) is 11.3 Å². The highest BCUT2D eigenvalue weighted by Crippen LogP contribution is 2.15. The number of benzene rings is 1. The Balaban J connectivity index is 1.92. The number of hydrogen-bond acceptors (Lipinski definition) is 6. The molecule has 0 fully saturated rings. The molecule has 0 radical (unpaired) electrons. The monoisotopic (exact) mass is 333 g/mol. The zero-order valence-corrected chi connectivity index (χ0v) is 13.2. The molecule has 1 heterocycles. The number of nitrogens with zero attached hydrogens (tertiary/aromatic N) is 2. The van der Waals surface area contributed by atoms with E-state index < -0.39 is 12.6 Å². The van der Waals surface area contributed by atoms with E-state index in [1.54, 1.807) is 24.3 Å². The van der Waals surface area contributed by atoms with Crippen LogP contribution in [0.4, 0.5) is 0 Å². The molecule has 0 atom stereocenters. The van der Waals surface area contributed by atoms with Crippen LogP contribution in [-0.2, 0) is 16.0 Å². The number of aliphatic carboxylic acids is 1. The molecule has 23 heavy (non-hydrogen) atoms. The number of carbonyl (C=O) groups is 2. The first-order chi connectivity index (χ1) is 11.0. The van der Waals surface area contributed by atoms with Crippen molar-refractivity contribution in [3.05, 3.63) is 45.9 Å². The van der Waals surface area contributed by atoms with Crippen LogP contribution in [-0.4, -0.2) is 34.8 Å². The molecule has 1 aromatic carbocycles. The van der Waals surface area contributed by atoms with Gasteiger partial charge >= 0.3 is 5.97 Å². The van der Waals surface area contributed by atoms with Crippen molar-refractivity contribution < 1.29 is 19.4 Å². The number of aryl methyl sites for hydroxylation is 1. The molecule has 0 aliphatic rings. The first-order valence-electron chi connectivity index (χ1n) is 6.71. The summed E-state index contributed by atoms with van der Waals surface area (Å²) < 4.78 is 5.14. The molecule has 1 aromatic heterocycles. The fraction of sp³-hybridized carbons (Fsp3) is 0.200. The molecule has 0 bridgehead atoms. The largest absolute Gasteiger partial charge is 0.481 e. The molecule has 7 nitrogen and oxygen atoms in total. The highest BCUT2D eigenvalue weighted by Gasteiger charge is 2.06. The molecule has 0 aliphatic carbocycles. The van der Waals surface area contributed by atoms with Crippen LogP contribution in [0.15, 0.2) is 34.7 Å². The van der Waals surface area contributed by atoms with Gasteiger partial charge in [-0.1, -0.05) is 12.1 Å². The van der Waals surface area contributed by atoms with E-state index in [0.717, 1.165) is 5.01 Å². The van der Waals surface area contributed by atoms with Crippen molar-refractivity contribution in [3.63, 3.8) is 0 Å². The van der Waals surface area contributed by atoms with Gasteiger partial charge in [0.25, 0.3) is 0 Å². The third-order valence-electron chi connectivity index (χ3n) is 2.67. The number of nitrogens with one attached hydrogen (secondary N) is 1. The molecule has 2 aromatic rings. The summed E-state index contributed by atoms with van der Waals surface area (Å²) in [6.45, 7) is 1.43. The SMILES string of the molecule is Cc1nc(CC(=O)N/N=C\c2ccccc2OCC(=O)O)cs1. The molecule has 0 spiro atoms. The number of carbonyl (C=O) groups excluding carboxylic acids is 1. The van der Waals surface area contributed by atoms with Gasteiger partial charge in [-0.05, 0) is 19.1 Å². The summed E-state index contributed by atoms with van der Waals surface area (Å²) in [5.74, 6) is -0.970. The van der Waals surface area contributed by atoms with Crippen LogP contribution in [0, 0.1) is 6.92 Å². The fourth-order valence-corrected chi connectivity index (χ4v) is 2.34. The second kappa shape index (κ2) is 8.04. The zero-order chi connectivity index (χ0) is 16.7. The summed E-state index contributed by atoms with van der Waals surface area (Å²) in [7, 11) is 0. The maximum absolute atomic E-state index is 11.7. The average Bonchev–Trinajstić information content (AvgIpc) is 2.91. The zero-order valence-electron chi connectivity index (χ0n) is 12.4.